The highest BCUT2D eigenvalue weighted by atomic mass is 32.2. The van der Waals surface area contributed by atoms with E-state index in [1.165, 1.54) is 11.8 Å². The molecule has 4 nitrogen and oxygen atoms in total. The molecule has 0 bridgehead atoms. The Hall–Kier alpha value is -2.27. The number of rotatable bonds is 1. The third kappa shape index (κ3) is 1.60. The zero-order valence-corrected chi connectivity index (χ0v) is 12.8. The molecule has 0 unspecified atom stereocenters. The van der Waals surface area contributed by atoms with Crippen molar-refractivity contribution in [3.05, 3.63) is 60.2 Å². The van der Waals surface area contributed by atoms with Crippen molar-refractivity contribution in [2.45, 2.75) is 17.0 Å². The van der Waals surface area contributed by atoms with Crippen LogP contribution in [-0.2, 0) is 14.5 Å². The zero-order valence-electron chi connectivity index (χ0n) is 11.9. The van der Waals surface area contributed by atoms with Crippen LogP contribution in [0.5, 0.6) is 0 Å². The minimum absolute atomic E-state index is 0.0388. The normalized spacial score (nSPS) is 26.4. The van der Waals surface area contributed by atoms with E-state index in [9.17, 15) is 9.59 Å². The fourth-order valence-electron chi connectivity index (χ4n) is 3.14. The summed E-state index contributed by atoms with van der Waals surface area (Å²) in [6.45, 7) is 1.85. The second-order valence-corrected chi connectivity index (χ2v) is 6.95. The molecule has 1 N–H and O–H groups in total. The van der Waals surface area contributed by atoms with Gasteiger partial charge in [0.05, 0.1) is 5.25 Å². The highest BCUT2D eigenvalue weighted by Crippen LogP contribution is 2.55. The lowest BCUT2D eigenvalue weighted by Gasteiger charge is -2.32. The Morgan fingerprint density at radius 3 is 2.50 bits per heavy atom. The summed E-state index contributed by atoms with van der Waals surface area (Å²) in [6, 6.07) is 17.0. The topological polar surface area (TPSA) is 49.4 Å². The standard InChI is InChI=1S/C17H14N2O2S/c1-11-15(20)19(12-7-3-2-4-8-12)17(22-11)13-9-5-6-10-14(13)18-16(17)21/h2-11H,1H3,(H,18,21)/t11-,17+/m1/s1. The van der Waals surface area contributed by atoms with E-state index in [2.05, 4.69) is 5.32 Å². The van der Waals surface area contributed by atoms with Gasteiger partial charge in [0.25, 0.3) is 5.91 Å². The Morgan fingerprint density at radius 1 is 1.05 bits per heavy atom. The number of nitrogens with zero attached hydrogens (tertiary/aromatic N) is 1. The summed E-state index contributed by atoms with van der Waals surface area (Å²) in [4.78, 5) is 26.2. The number of fused-ring (bicyclic) bond motifs is 2. The molecule has 2 atom stereocenters. The SMILES string of the molecule is C[C@H]1S[C@@]2(C(=O)Nc3ccccc32)N(c2ccccc2)C1=O. The third-order valence-electron chi connectivity index (χ3n) is 4.09. The van der Waals surface area contributed by atoms with Gasteiger partial charge in [0.15, 0.2) is 0 Å². The molecule has 2 aliphatic rings. The number of hydrogen-bond donors (Lipinski definition) is 1. The van der Waals surface area contributed by atoms with Gasteiger partial charge in [-0.05, 0) is 25.1 Å². The van der Waals surface area contributed by atoms with E-state index in [1.807, 2.05) is 61.5 Å². The van der Waals surface area contributed by atoms with E-state index in [0.717, 1.165) is 16.9 Å². The van der Waals surface area contributed by atoms with Crippen molar-refractivity contribution in [2.24, 2.45) is 0 Å². The van der Waals surface area contributed by atoms with Crippen LogP contribution in [0.1, 0.15) is 12.5 Å². The summed E-state index contributed by atoms with van der Waals surface area (Å²) in [5.74, 6) is -0.191. The first kappa shape index (κ1) is 13.4. The summed E-state index contributed by atoms with van der Waals surface area (Å²) in [7, 11) is 0. The molecule has 4 rings (SSSR count). The number of thioether (sulfide) groups is 1. The van der Waals surface area contributed by atoms with Gasteiger partial charge in [-0.15, -0.1) is 11.8 Å². The minimum atomic E-state index is -1.01. The number of amides is 2. The van der Waals surface area contributed by atoms with Crippen LogP contribution in [0.3, 0.4) is 0 Å². The van der Waals surface area contributed by atoms with E-state index < -0.39 is 4.87 Å². The lowest BCUT2D eigenvalue weighted by Crippen LogP contribution is -2.47. The Balaban J connectivity index is 1.96. The van der Waals surface area contributed by atoms with Gasteiger partial charge in [-0.3, -0.25) is 14.5 Å². The number of nitrogens with one attached hydrogen (secondary N) is 1. The van der Waals surface area contributed by atoms with Crippen LogP contribution in [-0.4, -0.2) is 17.1 Å². The summed E-state index contributed by atoms with van der Waals surface area (Å²) in [5.41, 5.74) is 2.38. The van der Waals surface area contributed by atoms with Gasteiger partial charge in [-0.25, -0.2) is 0 Å². The first-order valence-electron chi connectivity index (χ1n) is 7.12. The molecule has 2 amide bonds. The van der Waals surface area contributed by atoms with Crippen LogP contribution in [0, 0.1) is 0 Å². The summed E-state index contributed by atoms with van der Waals surface area (Å²) < 4.78 is 0. The smallest absolute Gasteiger partial charge is 0.266 e. The molecule has 1 spiro atoms. The van der Waals surface area contributed by atoms with Gasteiger partial charge in [-0.2, -0.15) is 0 Å². The predicted molar refractivity (Wildman–Crippen MR) is 87.7 cm³/mol. The minimum Gasteiger partial charge on any atom is -0.323 e. The lowest BCUT2D eigenvalue weighted by molar-refractivity contribution is -0.122. The molecule has 0 aromatic heterocycles. The number of carbonyl (C=O) groups excluding carboxylic acids is 2. The summed E-state index contributed by atoms with van der Waals surface area (Å²) in [6.07, 6.45) is 0. The van der Waals surface area contributed by atoms with E-state index in [0.29, 0.717) is 0 Å². The van der Waals surface area contributed by atoms with E-state index in [4.69, 9.17) is 0 Å². The number of hydrogen-bond acceptors (Lipinski definition) is 3. The Labute approximate surface area is 132 Å². The van der Waals surface area contributed by atoms with Crippen LogP contribution in [0.4, 0.5) is 11.4 Å². The zero-order chi connectivity index (χ0) is 15.3. The van der Waals surface area contributed by atoms with Gasteiger partial charge in [-0.1, -0.05) is 36.4 Å². The molecular formula is C17H14N2O2S. The van der Waals surface area contributed by atoms with E-state index in [1.54, 1.807) is 4.90 Å². The van der Waals surface area contributed by atoms with Crippen LogP contribution < -0.4 is 10.2 Å². The third-order valence-corrected chi connectivity index (χ3v) is 5.58. The van der Waals surface area contributed by atoms with Gasteiger partial charge < -0.3 is 5.32 Å². The van der Waals surface area contributed by atoms with Crippen LogP contribution in [0.15, 0.2) is 54.6 Å². The number of benzene rings is 2. The lowest BCUT2D eigenvalue weighted by atomic mass is 10.0. The second kappa shape index (κ2) is 4.61. The van der Waals surface area contributed by atoms with Gasteiger partial charge in [0.1, 0.15) is 0 Å². The maximum Gasteiger partial charge on any atom is 0.266 e. The first-order valence-corrected chi connectivity index (χ1v) is 8.00. The predicted octanol–water partition coefficient (Wildman–Crippen LogP) is 2.96. The average Bonchev–Trinajstić information content (AvgIpc) is 2.96. The fraction of sp³-hybridized carbons (Fsp3) is 0.176. The van der Waals surface area contributed by atoms with Crippen LogP contribution >= 0.6 is 11.8 Å². The Bertz CT molecular complexity index is 777. The molecule has 1 saturated heterocycles. The van der Waals surface area contributed by atoms with Crippen molar-refractivity contribution in [1.29, 1.82) is 0 Å². The monoisotopic (exact) mass is 310 g/mol. The molecule has 22 heavy (non-hydrogen) atoms. The van der Waals surface area contributed by atoms with Gasteiger partial charge >= 0.3 is 0 Å². The molecule has 5 heteroatoms. The van der Waals surface area contributed by atoms with Crippen molar-refractivity contribution in [2.75, 3.05) is 10.2 Å². The van der Waals surface area contributed by atoms with Crippen molar-refractivity contribution in [3.63, 3.8) is 0 Å². The fourth-order valence-corrected chi connectivity index (χ4v) is 4.62. The molecule has 0 saturated carbocycles. The van der Waals surface area contributed by atoms with Crippen LogP contribution in [0.2, 0.25) is 0 Å². The molecule has 2 aromatic carbocycles. The summed E-state index contributed by atoms with van der Waals surface area (Å²) >= 11 is 1.40. The van der Waals surface area contributed by atoms with Gasteiger partial charge in [0.2, 0.25) is 10.8 Å². The van der Waals surface area contributed by atoms with E-state index in [-0.39, 0.29) is 17.1 Å². The highest BCUT2D eigenvalue weighted by molar-refractivity contribution is 8.03. The van der Waals surface area contributed by atoms with Crippen molar-refractivity contribution in [1.82, 2.24) is 0 Å². The molecule has 2 heterocycles. The van der Waals surface area contributed by atoms with E-state index >= 15 is 0 Å². The molecular weight excluding hydrogens is 296 g/mol. The molecule has 1 fully saturated rings. The molecule has 0 radical (unpaired) electrons. The average molecular weight is 310 g/mol. The molecule has 2 aromatic rings. The van der Waals surface area contributed by atoms with Crippen molar-refractivity contribution in [3.8, 4) is 0 Å². The number of carbonyl (C=O) groups is 2. The maximum absolute atomic E-state index is 12.8. The highest BCUT2D eigenvalue weighted by Gasteiger charge is 2.60. The van der Waals surface area contributed by atoms with Crippen molar-refractivity contribution >= 4 is 35.0 Å². The Morgan fingerprint density at radius 2 is 1.73 bits per heavy atom. The molecule has 110 valence electrons. The summed E-state index contributed by atoms with van der Waals surface area (Å²) in [5, 5.41) is 2.65. The maximum atomic E-state index is 12.8. The number of para-hydroxylation sites is 2. The first-order chi connectivity index (χ1) is 10.6. The largest absolute Gasteiger partial charge is 0.323 e. The number of anilines is 2. The Kier molecular flexibility index (Phi) is 2.81. The van der Waals surface area contributed by atoms with Crippen molar-refractivity contribution < 1.29 is 9.59 Å². The second-order valence-electron chi connectivity index (χ2n) is 5.41. The van der Waals surface area contributed by atoms with Gasteiger partial charge in [0, 0.05) is 16.9 Å². The van der Waals surface area contributed by atoms with Crippen LogP contribution in [0.25, 0.3) is 0 Å². The molecule has 0 aliphatic carbocycles. The molecule has 2 aliphatic heterocycles. The quantitative estimate of drug-likeness (QED) is 0.881.